The summed E-state index contributed by atoms with van der Waals surface area (Å²) < 4.78 is 1.88. The number of nitrogens with zero attached hydrogens (tertiary/aromatic N) is 5. The molecule has 1 aliphatic heterocycles. The zero-order valence-electron chi connectivity index (χ0n) is 14.4. The molecular formula is C21H19N5. The van der Waals surface area contributed by atoms with E-state index in [1.54, 1.807) is 6.33 Å². The maximum atomic E-state index is 4.59. The minimum absolute atomic E-state index is 0.547. The van der Waals surface area contributed by atoms with E-state index in [4.69, 9.17) is 0 Å². The van der Waals surface area contributed by atoms with Crippen LogP contribution in [0.5, 0.6) is 0 Å². The van der Waals surface area contributed by atoms with Gasteiger partial charge in [0, 0.05) is 19.0 Å². The minimum Gasteiger partial charge on any atom is -0.355 e. The van der Waals surface area contributed by atoms with Crippen LogP contribution < -0.4 is 4.90 Å². The van der Waals surface area contributed by atoms with Crippen molar-refractivity contribution in [3.63, 3.8) is 0 Å². The summed E-state index contributed by atoms with van der Waals surface area (Å²) in [5, 5.41) is 5.57. The Morgan fingerprint density at radius 2 is 1.65 bits per heavy atom. The molecular weight excluding hydrogens is 322 g/mol. The maximum absolute atomic E-state index is 4.59. The first-order chi connectivity index (χ1) is 12.9. The largest absolute Gasteiger partial charge is 0.355 e. The molecule has 26 heavy (non-hydrogen) atoms. The number of hydrogen-bond donors (Lipinski definition) is 0. The first-order valence-corrected chi connectivity index (χ1v) is 8.94. The van der Waals surface area contributed by atoms with E-state index in [9.17, 15) is 0 Å². The van der Waals surface area contributed by atoms with Crippen LogP contribution in [-0.2, 0) is 0 Å². The Morgan fingerprint density at radius 3 is 2.46 bits per heavy atom. The highest BCUT2D eigenvalue weighted by atomic mass is 15.3. The normalized spacial score (nSPS) is 17.1. The fourth-order valence-electron chi connectivity index (χ4n) is 3.79. The van der Waals surface area contributed by atoms with Crippen molar-refractivity contribution in [2.75, 3.05) is 18.0 Å². The van der Waals surface area contributed by atoms with Gasteiger partial charge in [-0.15, -0.1) is 0 Å². The molecule has 0 saturated carbocycles. The number of para-hydroxylation sites is 1. The molecule has 5 heteroatoms. The lowest BCUT2D eigenvalue weighted by molar-refractivity contribution is 0.774. The molecule has 4 aromatic rings. The van der Waals surface area contributed by atoms with Crippen LogP contribution in [0.1, 0.15) is 17.9 Å². The summed E-state index contributed by atoms with van der Waals surface area (Å²) in [6.07, 6.45) is 4.67. The number of benzene rings is 2. The topological polar surface area (TPSA) is 46.8 Å². The van der Waals surface area contributed by atoms with Crippen molar-refractivity contribution in [2.45, 2.75) is 12.3 Å². The lowest BCUT2D eigenvalue weighted by atomic mass is 9.99. The first-order valence-electron chi connectivity index (χ1n) is 8.94. The van der Waals surface area contributed by atoms with Gasteiger partial charge in [0.1, 0.15) is 12.1 Å². The third kappa shape index (κ3) is 2.52. The summed E-state index contributed by atoms with van der Waals surface area (Å²) in [7, 11) is 0. The van der Waals surface area contributed by atoms with E-state index in [-0.39, 0.29) is 0 Å². The van der Waals surface area contributed by atoms with Crippen LogP contribution in [0.25, 0.3) is 16.7 Å². The van der Waals surface area contributed by atoms with E-state index in [0.29, 0.717) is 5.92 Å². The van der Waals surface area contributed by atoms with E-state index < -0.39 is 0 Å². The molecule has 1 unspecified atom stereocenters. The first kappa shape index (κ1) is 15.1. The highest BCUT2D eigenvalue weighted by molar-refractivity contribution is 5.87. The third-order valence-corrected chi connectivity index (χ3v) is 5.10. The molecule has 0 bridgehead atoms. The Bertz CT molecular complexity index is 1030. The van der Waals surface area contributed by atoms with Crippen molar-refractivity contribution >= 4 is 16.9 Å². The SMILES string of the molecule is c1ccc(C2CCN(c3ncnc4c3cnn4-c3ccccc3)C2)cc1. The Kier molecular flexibility index (Phi) is 3.63. The van der Waals surface area contributed by atoms with Gasteiger partial charge in [-0.25, -0.2) is 14.6 Å². The zero-order valence-corrected chi connectivity index (χ0v) is 14.4. The number of hydrogen-bond acceptors (Lipinski definition) is 4. The average Bonchev–Trinajstić information content (AvgIpc) is 3.37. The Balaban J connectivity index is 1.50. The van der Waals surface area contributed by atoms with Crippen molar-refractivity contribution in [2.24, 2.45) is 0 Å². The molecule has 3 heterocycles. The van der Waals surface area contributed by atoms with Crippen molar-refractivity contribution in [3.8, 4) is 5.69 Å². The van der Waals surface area contributed by atoms with E-state index in [1.807, 2.05) is 41.2 Å². The summed E-state index contributed by atoms with van der Waals surface area (Å²) in [6.45, 7) is 1.98. The summed E-state index contributed by atoms with van der Waals surface area (Å²) >= 11 is 0. The van der Waals surface area contributed by atoms with Crippen LogP contribution in [0.2, 0.25) is 0 Å². The summed E-state index contributed by atoms with van der Waals surface area (Å²) in [6, 6.07) is 20.8. The van der Waals surface area contributed by atoms with Gasteiger partial charge >= 0.3 is 0 Å². The van der Waals surface area contributed by atoms with E-state index in [0.717, 1.165) is 42.0 Å². The molecule has 0 N–H and O–H groups in total. The molecule has 0 radical (unpaired) electrons. The van der Waals surface area contributed by atoms with Crippen LogP contribution in [0.3, 0.4) is 0 Å². The zero-order chi connectivity index (χ0) is 17.3. The second-order valence-electron chi connectivity index (χ2n) is 6.67. The summed E-state index contributed by atoms with van der Waals surface area (Å²) in [5.41, 5.74) is 3.26. The quantitative estimate of drug-likeness (QED) is 0.568. The fraction of sp³-hybridized carbons (Fsp3) is 0.190. The number of anilines is 1. The minimum atomic E-state index is 0.547. The summed E-state index contributed by atoms with van der Waals surface area (Å²) in [5.74, 6) is 1.53. The second kappa shape index (κ2) is 6.26. The predicted octanol–water partition coefficient (Wildman–Crippen LogP) is 3.81. The highest BCUT2D eigenvalue weighted by Crippen LogP contribution is 2.33. The molecule has 1 aliphatic rings. The highest BCUT2D eigenvalue weighted by Gasteiger charge is 2.26. The smallest absolute Gasteiger partial charge is 0.168 e. The van der Waals surface area contributed by atoms with Crippen LogP contribution >= 0.6 is 0 Å². The monoisotopic (exact) mass is 341 g/mol. The second-order valence-corrected chi connectivity index (χ2v) is 6.67. The molecule has 1 atom stereocenters. The Labute approximate surface area is 151 Å². The standard InChI is InChI=1S/C21H19N5/c1-3-7-16(8-4-1)17-11-12-25(14-17)20-19-13-24-26(21(19)23-15-22-20)18-9-5-2-6-10-18/h1-10,13,15,17H,11-12,14H2. The van der Waals surface area contributed by atoms with Gasteiger partial charge in [-0.3, -0.25) is 0 Å². The molecule has 128 valence electrons. The van der Waals surface area contributed by atoms with Crippen molar-refractivity contribution < 1.29 is 0 Å². The fourth-order valence-corrected chi connectivity index (χ4v) is 3.79. The van der Waals surface area contributed by atoms with Crippen LogP contribution in [0.15, 0.2) is 73.2 Å². The molecule has 5 rings (SSSR count). The average molecular weight is 341 g/mol. The molecule has 0 spiro atoms. The number of rotatable bonds is 3. The van der Waals surface area contributed by atoms with Crippen LogP contribution in [0.4, 0.5) is 5.82 Å². The Hall–Kier alpha value is -3.21. The lowest BCUT2D eigenvalue weighted by Crippen LogP contribution is -2.20. The lowest BCUT2D eigenvalue weighted by Gasteiger charge is -2.18. The molecule has 0 amide bonds. The van der Waals surface area contributed by atoms with Crippen LogP contribution in [0, 0.1) is 0 Å². The van der Waals surface area contributed by atoms with Gasteiger partial charge in [-0.05, 0) is 24.1 Å². The van der Waals surface area contributed by atoms with Gasteiger partial charge in [-0.1, -0.05) is 48.5 Å². The molecule has 2 aromatic carbocycles. The van der Waals surface area contributed by atoms with Crippen molar-refractivity contribution in [1.82, 2.24) is 19.7 Å². The van der Waals surface area contributed by atoms with Crippen molar-refractivity contribution in [1.29, 1.82) is 0 Å². The molecule has 2 aromatic heterocycles. The molecule has 1 fully saturated rings. The van der Waals surface area contributed by atoms with Gasteiger partial charge in [0.25, 0.3) is 0 Å². The van der Waals surface area contributed by atoms with E-state index >= 15 is 0 Å². The third-order valence-electron chi connectivity index (χ3n) is 5.10. The van der Waals surface area contributed by atoms with E-state index in [2.05, 4.69) is 50.3 Å². The van der Waals surface area contributed by atoms with Gasteiger partial charge in [0.05, 0.1) is 17.3 Å². The number of aromatic nitrogens is 4. The number of fused-ring (bicyclic) bond motifs is 1. The molecule has 0 aliphatic carbocycles. The van der Waals surface area contributed by atoms with Crippen LogP contribution in [-0.4, -0.2) is 32.8 Å². The summed E-state index contributed by atoms with van der Waals surface area (Å²) in [4.78, 5) is 11.4. The van der Waals surface area contributed by atoms with Gasteiger partial charge in [0.15, 0.2) is 5.65 Å². The van der Waals surface area contributed by atoms with Gasteiger partial charge < -0.3 is 4.90 Å². The molecule has 1 saturated heterocycles. The molecule has 5 nitrogen and oxygen atoms in total. The van der Waals surface area contributed by atoms with E-state index in [1.165, 1.54) is 5.56 Å². The van der Waals surface area contributed by atoms with Gasteiger partial charge in [0.2, 0.25) is 0 Å². The van der Waals surface area contributed by atoms with Gasteiger partial charge in [-0.2, -0.15) is 5.10 Å². The maximum Gasteiger partial charge on any atom is 0.168 e. The van der Waals surface area contributed by atoms with Crippen molar-refractivity contribution in [3.05, 3.63) is 78.8 Å². The Morgan fingerprint density at radius 1 is 0.885 bits per heavy atom. The predicted molar refractivity (Wildman–Crippen MR) is 103 cm³/mol.